The van der Waals surface area contributed by atoms with Crippen molar-refractivity contribution in [3.8, 4) is 0 Å². The molecule has 0 bridgehead atoms. The van der Waals surface area contributed by atoms with Gasteiger partial charge in [0, 0.05) is 17.5 Å². The van der Waals surface area contributed by atoms with Gasteiger partial charge in [0.25, 0.3) is 5.91 Å². The fourth-order valence-corrected chi connectivity index (χ4v) is 2.77. The zero-order valence-corrected chi connectivity index (χ0v) is 13.0. The first-order valence-electron chi connectivity index (χ1n) is 6.74. The number of hydrogen-bond donors (Lipinski definition) is 2. The second kappa shape index (κ2) is 7.30. The molecule has 1 unspecified atom stereocenters. The van der Waals surface area contributed by atoms with Crippen LogP contribution in [-0.2, 0) is 13.0 Å². The minimum absolute atomic E-state index is 0.229. The number of nitrogens with two attached hydrogens (primary N) is 1. The average molecular weight is 308 g/mol. The average Bonchev–Trinajstić information content (AvgIpc) is 3.15. The summed E-state index contributed by atoms with van der Waals surface area (Å²) in [5.41, 5.74) is 2.27. The third-order valence-electron chi connectivity index (χ3n) is 3.41. The summed E-state index contributed by atoms with van der Waals surface area (Å²) in [7, 11) is 2.09. The maximum Gasteiger partial charge on any atom is 0.287 e. The van der Waals surface area contributed by atoms with E-state index in [-0.39, 0.29) is 5.69 Å². The third kappa shape index (κ3) is 4.35. The Hall–Kier alpha value is -1.77. The lowest BCUT2D eigenvalue weighted by atomic mass is 10.2. The first-order valence-corrected chi connectivity index (χ1v) is 7.62. The molecule has 0 saturated heterocycles. The first kappa shape index (κ1) is 15.6. The van der Waals surface area contributed by atoms with Crippen molar-refractivity contribution in [1.29, 1.82) is 0 Å². The molecule has 1 atom stereocenters. The van der Waals surface area contributed by atoms with Gasteiger partial charge in [0.15, 0.2) is 5.69 Å². The molecule has 0 saturated carbocycles. The van der Waals surface area contributed by atoms with Gasteiger partial charge in [-0.1, -0.05) is 11.3 Å². The van der Waals surface area contributed by atoms with Crippen molar-refractivity contribution in [2.24, 2.45) is 5.84 Å². The number of carbonyl (C=O) groups excluding carboxylic acids is 1. The molecule has 2 aromatic heterocycles. The molecule has 21 heavy (non-hydrogen) atoms. The topological polar surface area (TPSA) is 89.1 Å². The summed E-state index contributed by atoms with van der Waals surface area (Å²) in [4.78, 5) is 14.9. The number of likely N-dealkylation sites (N-methyl/N-ethyl adjacent to an activating group) is 1. The van der Waals surface area contributed by atoms with E-state index in [2.05, 4.69) is 46.7 Å². The molecule has 1 amide bonds. The predicted octanol–water partition coefficient (Wildman–Crippen LogP) is 0.506. The molecule has 2 aromatic rings. The van der Waals surface area contributed by atoms with E-state index in [4.69, 9.17) is 5.84 Å². The zero-order chi connectivity index (χ0) is 15.2. The van der Waals surface area contributed by atoms with Gasteiger partial charge in [-0.2, -0.15) is 0 Å². The molecule has 2 rings (SSSR count). The smallest absolute Gasteiger partial charge is 0.287 e. The maximum atomic E-state index is 11.3. The summed E-state index contributed by atoms with van der Waals surface area (Å²) < 4.78 is 1.65. The predicted molar refractivity (Wildman–Crippen MR) is 81.8 cm³/mol. The van der Waals surface area contributed by atoms with E-state index in [0.29, 0.717) is 12.6 Å². The Morgan fingerprint density at radius 2 is 2.43 bits per heavy atom. The zero-order valence-electron chi connectivity index (χ0n) is 12.2. The highest BCUT2D eigenvalue weighted by Crippen LogP contribution is 2.13. The number of rotatable bonds is 7. The quantitative estimate of drug-likeness (QED) is 0.442. The number of hydrogen-bond acceptors (Lipinski definition) is 6. The molecule has 0 aliphatic carbocycles. The Balaban J connectivity index is 1.81. The van der Waals surface area contributed by atoms with Crippen LogP contribution >= 0.6 is 11.3 Å². The van der Waals surface area contributed by atoms with Crippen LogP contribution < -0.4 is 11.3 Å². The molecule has 8 heteroatoms. The van der Waals surface area contributed by atoms with Crippen molar-refractivity contribution >= 4 is 17.2 Å². The van der Waals surface area contributed by atoms with E-state index in [1.165, 1.54) is 4.88 Å². The van der Waals surface area contributed by atoms with Gasteiger partial charge in [-0.25, -0.2) is 5.84 Å². The molecule has 0 aliphatic rings. The van der Waals surface area contributed by atoms with Crippen molar-refractivity contribution < 1.29 is 4.79 Å². The summed E-state index contributed by atoms with van der Waals surface area (Å²) >= 11 is 1.78. The van der Waals surface area contributed by atoms with Gasteiger partial charge in [-0.15, -0.1) is 16.4 Å². The molecule has 0 aromatic carbocycles. The summed E-state index contributed by atoms with van der Waals surface area (Å²) in [5, 5.41) is 9.79. The highest BCUT2D eigenvalue weighted by atomic mass is 32.1. The Bertz CT molecular complexity index is 567. The molecule has 7 nitrogen and oxygen atoms in total. The largest absolute Gasteiger partial charge is 0.301 e. The molecule has 0 fully saturated rings. The number of aromatic nitrogens is 3. The second-order valence-corrected chi connectivity index (χ2v) is 5.99. The first-order chi connectivity index (χ1) is 10.1. The van der Waals surface area contributed by atoms with Crippen LogP contribution in [0.4, 0.5) is 0 Å². The lowest BCUT2D eigenvalue weighted by Gasteiger charge is -2.24. The Kier molecular flexibility index (Phi) is 5.43. The van der Waals surface area contributed by atoms with Gasteiger partial charge >= 0.3 is 0 Å². The van der Waals surface area contributed by atoms with E-state index in [9.17, 15) is 4.79 Å². The molecule has 0 aliphatic heterocycles. The molecule has 0 radical (unpaired) electrons. The molecular formula is C13H20N6OS. The Morgan fingerprint density at radius 3 is 3.10 bits per heavy atom. The Morgan fingerprint density at radius 1 is 1.62 bits per heavy atom. The van der Waals surface area contributed by atoms with Crippen molar-refractivity contribution in [3.63, 3.8) is 0 Å². The number of nitrogen functional groups attached to an aromatic ring is 1. The highest BCUT2D eigenvalue weighted by Gasteiger charge is 2.12. The lowest BCUT2D eigenvalue weighted by molar-refractivity contribution is 0.0948. The van der Waals surface area contributed by atoms with Gasteiger partial charge in [0.2, 0.25) is 0 Å². The molecule has 0 spiro atoms. The van der Waals surface area contributed by atoms with E-state index in [0.717, 1.165) is 13.0 Å². The van der Waals surface area contributed by atoms with Gasteiger partial charge in [-0.05, 0) is 31.8 Å². The summed E-state index contributed by atoms with van der Waals surface area (Å²) in [5.74, 6) is 4.63. The fraction of sp³-hybridized carbons (Fsp3) is 0.462. The van der Waals surface area contributed by atoms with Crippen molar-refractivity contribution in [2.45, 2.75) is 25.9 Å². The number of hydrazine groups is 1. The van der Waals surface area contributed by atoms with Gasteiger partial charge in [-0.3, -0.25) is 14.9 Å². The number of amides is 1. The normalized spacial score (nSPS) is 12.6. The molecule has 3 N–H and O–H groups in total. The van der Waals surface area contributed by atoms with Crippen LogP contribution in [0, 0.1) is 0 Å². The van der Waals surface area contributed by atoms with E-state index >= 15 is 0 Å². The van der Waals surface area contributed by atoms with E-state index < -0.39 is 5.91 Å². The molecule has 2 heterocycles. The third-order valence-corrected chi connectivity index (χ3v) is 4.31. The summed E-state index contributed by atoms with van der Waals surface area (Å²) in [6.07, 6.45) is 2.63. The minimum atomic E-state index is -0.430. The standard InChI is InChI=1S/C13H20N6OS/c1-10(8-11-4-3-7-21-11)18(2)5-6-19-9-12(16-17-19)13(20)15-14/h3-4,7,9-10H,5-6,8,14H2,1-2H3,(H,15,20). The second-order valence-electron chi connectivity index (χ2n) is 4.95. The van der Waals surface area contributed by atoms with Crippen LogP contribution in [0.2, 0.25) is 0 Å². The fourth-order valence-electron chi connectivity index (χ4n) is 1.94. The maximum absolute atomic E-state index is 11.3. The van der Waals surface area contributed by atoms with Crippen molar-refractivity contribution in [1.82, 2.24) is 25.3 Å². The lowest BCUT2D eigenvalue weighted by Crippen LogP contribution is -2.33. The number of nitrogens with zero attached hydrogens (tertiary/aromatic N) is 4. The summed E-state index contributed by atoms with van der Waals surface area (Å²) in [6.45, 7) is 3.71. The minimum Gasteiger partial charge on any atom is -0.301 e. The van der Waals surface area contributed by atoms with Gasteiger partial charge in [0.1, 0.15) is 0 Å². The van der Waals surface area contributed by atoms with Gasteiger partial charge in [0.05, 0.1) is 12.7 Å². The Labute approximate surface area is 127 Å². The van der Waals surface area contributed by atoms with E-state index in [1.54, 1.807) is 22.2 Å². The van der Waals surface area contributed by atoms with Crippen LogP contribution in [0.1, 0.15) is 22.3 Å². The monoisotopic (exact) mass is 308 g/mol. The van der Waals surface area contributed by atoms with Crippen LogP contribution in [0.15, 0.2) is 23.7 Å². The van der Waals surface area contributed by atoms with Crippen LogP contribution in [-0.4, -0.2) is 45.4 Å². The number of carbonyl (C=O) groups is 1. The summed E-state index contributed by atoms with van der Waals surface area (Å²) in [6, 6.07) is 4.68. The van der Waals surface area contributed by atoms with Gasteiger partial charge < -0.3 is 4.90 Å². The SMILES string of the molecule is CC(Cc1cccs1)N(C)CCn1cc(C(=O)NN)nn1. The van der Waals surface area contributed by atoms with Crippen LogP contribution in [0.5, 0.6) is 0 Å². The number of thiophene rings is 1. The van der Waals surface area contributed by atoms with Crippen molar-refractivity contribution in [2.75, 3.05) is 13.6 Å². The van der Waals surface area contributed by atoms with E-state index in [1.807, 2.05) is 5.43 Å². The van der Waals surface area contributed by atoms with Crippen LogP contribution in [0.25, 0.3) is 0 Å². The highest BCUT2D eigenvalue weighted by molar-refractivity contribution is 7.09. The molecule has 114 valence electrons. The molecular weight excluding hydrogens is 288 g/mol. The van der Waals surface area contributed by atoms with Crippen molar-refractivity contribution in [3.05, 3.63) is 34.3 Å². The van der Waals surface area contributed by atoms with Crippen LogP contribution in [0.3, 0.4) is 0 Å². The number of nitrogens with one attached hydrogen (secondary N) is 1.